The highest BCUT2D eigenvalue weighted by molar-refractivity contribution is 5.88. The van der Waals surface area contributed by atoms with Crippen LogP contribution in [0.15, 0.2) is 24.3 Å². The number of amides is 1. The van der Waals surface area contributed by atoms with E-state index < -0.39 is 0 Å². The van der Waals surface area contributed by atoms with Gasteiger partial charge in [-0.05, 0) is 23.6 Å². The zero-order valence-corrected chi connectivity index (χ0v) is 17.1. The van der Waals surface area contributed by atoms with Gasteiger partial charge >= 0.3 is 0 Å². The second-order valence-electron chi connectivity index (χ2n) is 6.80. The summed E-state index contributed by atoms with van der Waals surface area (Å²) in [5, 5.41) is 6.44. The van der Waals surface area contributed by atoms with Crippen LogP contribution in [0.4, 0.5) is 5.69 Å². The van der Waals surface area contributed by atoms with Crippen LogP contribution in [0.1, 0.15) is 39.2 Å². The van der Waals surface area contributed by atoms with Crippen LogP contribution in [0.25, 0.3) is 0 Å². The third-order valence-electron chi connectivity index (χ3n) is 5.06. The standard InChI is InChI=1S/C20H33N3O2.ClH/c1-4-18(5-2)20(23-10-12-25-13-11-23)15-21-14-17-6-8-19(9-7-17)22-16(3)24;/h6-9,18,20-21H,4-5,10-15H2,1-3H3,(H,22,24);1H. The predicted molar refractivity (Wildman–Crippen MR) is 110 cm³/mol. The van der Waals surface area contributed by atoms with Gasteiger partial charge in [0.15, 0.2) is 0 Å². The monoisotopic (exact) mass is 383 g/mol. The number of halogens is 1. The lowest BCUT2D eigenvalue weighted by Crippen LogP contribution is -2.51. The molecule has 1 amide bonds. The summed E-state index contributed by atoms with van der Waals surface area (Å²) in [6.45, 7) is 11.7. The highest BCUT2D eigenvalue weighted by atomic mass is 35.5. The van der Waals surface area contributed by atoms with Crippen LogP contribution in [0, 0.1) is 5.92 Å². The lowest BCUT2D eigenvalue weighted by atomic mass is 9.92. The zero-order chi connectivity index (χ0) is 18.1. The number of benzene rings is 1. The number of carbonyl (C=O) groups is 1. The van der Waals surface area contributed by atoms with E-state index >= 15 is 0 Å². The first kappa shape index (κ1) is 22.9. The van der Waals surface area contributed by atoms with E-state index in [-0.39, 0.29) is 18.3 Å². The normalized spacial score (nSPS) is 16.2. The average Bonchev–Trinajstić information content (AvgIpc) is 2.63. The summed E-state index contributed by atoms with van der Waals surface area (Å²) in [6, 6.07) is 8.62. The topological polar surface area (TPSA) is 53.6 Å². The van der Waals surface area contributed by atoms with Gasteiger partial charge in [0.25, 0.3) is 0 Å². The van der Waals surface area contributed by atoms with Gasteiger partial charge in [-0.15, -0.1) is 12.4 Å². The van der Waals surface area contributed by atoms with Crippen molar-refractivity contribution in [2.24, 2.45) is 5.92 Å². The smallest absolute Gasteiger partial charge is 0.221 e. The Hall–Kier alpha value is -1.14. The van der Waals surface area contributed by atoms with E-state index in [0.29, 0.717) is 12.0 Å². The molecule has 0 aromatic heterocycles. The molecule has 1 saturated heterocycles. The Labute approximate surface area is 164 Å². The van der Waals surface area contributed by atoms with E-state index in [1.807, 2.05) is 12.1 Å². The van der Waals surface area contributed by atoms with Crippen molar-refractivity contribution in [1.29, 1.82) is 0 Å². The molecule has 26 heavy (non-hydrogen) atoms. The number of hydrogen-bond donors (Lipinski definition) is 2. The molecule has 1 heterocycles. The van der Waals surface area contributed by atoms with Gasteiger partial charge in [-0.1, -0.05) is 38.8 Å². The average molecular weight is 384 g/mol. The van der Waals surface area contributed by atoms with Gasteiger partial charge in [-0.25, -0.2) is 0 Å². The summed E-state index contributed by atoms with van der Waals surface area (Å²) in [4.78, 5) is 13.7. The molecule has 0 bridgehead atoms. The van der Waals surface area contributed by atoms with E-state index in [1.165, 1.54) is 25.3 Å². The highest BCUT2D eigenvalue weighted by Crippen LogP contribution is 2.20. The van der Waals surface area contributed by atoms with E-state index in [1.54, 1.807) is 0 Å². The highest BCUT2D eigenvalue weighted by Gasteiger charge is 2.26. The summed E-state index contributed by atoms with van der Waals surface area (Å²) < 4.78 is 5.52. The van der Waals surface area contributed by atoms with Gasteiger partial charge < -0.3 is 15.4 Å². The fourth-order valence-electron chi connectivity index (χ4n) is 3.61. The van der Waals surface area contributed by atoms with Crippen molar-refractivity contribution in [3.05, 3.63) is 29.8 Å². The lowest BCUT2D eigenvalue weighted by Gasteiger charge is -2.39. The molecule has 1 aliphatic rings. The van der Waals surface area contributed by atoms with Crippen molar-refractivity contribution in [2.45, 2.75) is 46.2 Å². The molecule has 1 fully saturated rings. The molecule has 0 aliphatic carbocycles. The van der Waals surface area contributed by atoms with Crippen molar-refractivity contribution < 1.29 is 9.53 Å². The van der Waals surface area contributed by atoms with Crippen LogP contribution < -0.4 is 10.6 Å². The van der Waals surface area contributed by atoms with Crippen LogP contribution in [-0.2, 0) is 16.1 Å². The fraction of sp³-hybridized carbons (Fsp3) is 0.650. The molecule has 148 valence electrons. The Bertz CT molecular complexity index is 514. The molecule has 0 saturated carbocycles. The van der Waals surface area contributed by atoms with E-state index in [0.717, 1.165) is 45.1 Å². The van der Waals surface area contributed by atoms with E-state index in [4.69, 9.17) is 4.74 Å². The fourth-order valence-corrected chi connectivity index (χ4v) is 3.61. The Morgan fingerprint density at radius 3 is 2.31 bits per heavy atom. The van der Waals surface area contributed by atoms with E-state index in [2.05, 4.69) is 41.5 Å². The quantitative estimate of drug-likeness (QED) is 0.687. The maximum absolute atomic E-state index is 11.1. The van der Waals surface area contributed by atoms with E-state index in [9.17, 15) is 4.79 Å². The van der Waals surface area contributed by atoms with Gasteiger partial charge in [-0.2, -0.15) is 0 Å². The summed E-state index contributed by atoms with van der Waals surface area (Å²) in [6.07, 6.45) is 2.43. The van der Waals surface area contributed by atoms with Crippen LogP contribution in [0.2, 0.25) is 0 Å². The van der Waals surface area contributed by atoms with Crippen molar-refractivity contribution in [1.82, 2.24) is 10.2 Å². The van der Waals surface area contributed by atoms with Gasteiger partial charge in [-0.3, -0.25) is 9.69 Å². The van der Waals surface area contributed by atoms with Gasteiger partial charge in [0.2, 0.25) is 5.91 Å². The second kappa shape index (κ2) is 12.3. The van der Waals surface area contributed by atoms with Gasteiger partial charge in [0, 0.05) is 44.8 Å². The Balaban J connectivity index is 0.00000338. The number of ether oxygens (including phenoxy) is 1. The summed E-state index contributed by atoms with van der Waals surface area (Å²) >= 11 is 0. The van der Waals surface area contributed by atoms with Crippen molar-refractivity contribution in [2.75, 3.05) is 38.2 Å². The van der Waals surface area contributed by atoms with Crippen LogP contribution in [-0.4, -0.2) is 49.7 Å². The third-order valence-corrected chi connectivity index (χ3v) is 5.06. The zero-order valence-electron chi connectivity index (χ0n) is 16.3. The first-order chi connectivity index (χ1) is 12.1. The Morgan fingerprint density at radius 2 is 1.77 bits per heavy atom. The molecular formula is C20H34ClN3O2. The Morgan fingerprint density at radius 1 is 1.15 bits per heavy atom. The molecule has 2 N–H and O–H groups in total. The molecule has 0 radical (unpaired) electrons. The molecule has 1 aromatic carbocycles. The largest absolute Gasteiger partial charge is 0.379 e. The Kier molecular flexibility index (Phi) is 10.8. The number of hydrogen-bond acceptors (Lipinski definition) is 4. The summed E-state index contributed by atoms with van der Waals surface area (Å²) in [7, 11) is 0. The molecule has 1 aromatic rings. The first-order valence-corrected chi connectivity index (χ1v) is 9.53. The number of nitrogens with one attached hydrogen (secondary N) is 2. The van der Waals surface area contributed by atoms with Gasteiger partial charge in [0.05, 0.1) is 13.2 Å². The maximum Gasteiger partial charge on any atom is 0.221 e. The van der Waals surface area contributed by atoms with Crippen LogP contribution in [0.3, 0.4) is 0 Å². The predicted octanol–water partition coefficient (Wildman–Crippen LogP) is 3.29. The van der Waals surface area contributed by atoms with Crippen molar-refractivity contribution in [3.8, 4) is 0 Å². The molecular weight excluding hydrogens is 350 g/mol. The minimum absolute atomic E-state index is 0. The number of morpholine rings is 1. The SMILES string of the molecule is CCC(CC)C(CNCc1ccc(NC(C)=O)cc1)N1CCOCC1.Cl. The number of nitrogens with zero attached hydrogens (tertiary/aromatic N) is 1. The summed E-state index contributed by atoms with van der Waals surface area (Å²) in [5.41, 5.74) is 2.08. The third kappa shape index (κ3) is 7.23. The van der Waals surface area contributed by atoms with Gasteiger partial charge in [0.1, 0.15) is 0 Å². The minimum Gasteiger partial charge on any atom is -0.379 e. The molecule has 1 unspecified atom stereocenters. The van der Waals surface area contributed by atoms with Crippen molar-refractivity contribution in [3.63, 3.8) is 0 Å². The molecule has 6 heteroatoms. The number of anilines is 1. The second-order valence-corrected chi connectivity index (χ2v) is 6.80. The first-order valence-electron chi connectivity index (χ1n) is 9.53. The number of rotatable bonds is 9. The molecule has 2 rings (SSSR count). The van der Waals surface area contributed by atoms with Crippen molar-refractivity contribution >= 4 is 24.0 Å². The molecule has 1 atom stereocenters. The lowest BCUT2D eigenvalue weighted by molar-refractivity contribution is -0.114. The van der Waals surface area contributed by atoms with Crippen LogP contribution >= 0.6 is 12.4 Å². The minimum atomic E-state index is -0.0376. The number of carbonyl (C=O) groups excluding carboxylic acids is 1. The maximum atomic E-state index is 11.1. The molecule has 1 aliphatic heterocycles. The summed E-state index contributed by atoms with van der Waals surface area (Å²) in [5.74, 6) is 0.678. The molecule has 5 nitrogen and oxygen atoms in total. The molecule has 0 spiro atoms. The van der Waals surface area contributed by atoms with Crippen LogP contribution in [0.5, 0.6) is 0 Å².